The summed E-state index contributed by atoms with van der Waals surface area (Å²) in [7, 11) is 6.58. The number of nitrogens with one attached hydrogen (secondary N) is 2. The van der Waals surface area contributed by atoms with E-state index in [0.29, 0.717) is 60.7 Å². The third-order valence-corrected chi connectivity index (χ3v) is 9.60. The maximum atomic E-state index is 14.1. The van der Waals surface area contributed by atoms with Crippen LogP contribution in [0.1, 0.15) is 49.1 Å². The summed E-state index contributed by atoms with van der Waals surface area (Å²) in [6.45, 7) is 7.63. The molecule has 1 aromatic heterocycles. The first-order valence-electron chi connectivity index (χ1n) is 19.3. The number of ether oxygens (including phenoxy) is 6. The van der Waals surface area contributed by atoms with E-state index < -0.39 is 6.04 Å². The van der Waals surface area contributed by atoms with Gasteiger partial charge in [0.25, 0.3) is 0 Å². The van der Waals surface area contributed by atoms with Gasteiger partial charge < -0.3 is 44.0 Å². The van der Waals surface area contributed by atoms with Crippen LogP contribution in [-0.2, 0) is 24.4 Å². The number of carbonyl (C=O) groups is 1. The van der Waals surface area contributed by atoms with Gasteiger partial charge in [-0.1, -0.05) is 36.4 Å². The molecule has 5 aromatic carbocycles. The molecule has 58 heavy (non-hydrogen) atoms. The molecule has 11 nitrogen and oxygen atoms in total. The number of anilines is 2. The van der Waals surface area contributed by atoms with Gasteiger partial charge in [0, 0.05) is 60.2 Å². The fourth-order valence-corrected chi connectivity index (χ4v) is 6.76. The molecule has 0 aliphatic heterocycles. The van der Waals surface area contributed by atoms with Crippen LogP contribution in [0.15, 0.2) is 115 Å². The van der Waals surface area contributed by atoms with Crippen LogP contribution in [0.2, 0.25) is 0 Å². The monoisotopic (exact) mass is 784 g/mol. The number of aromatic nitrogens is 1. The number of rotatable bonds is 19. The SMILES string of the molecule is CCOc1cc(C(Nc2ccc3c(N(Cc4ccc(OC)cc4OC)Cc4ccc(OC)cc4OC)nccc3c2)C(=O)NCc2ccccc2)ccc1OC(C)C. The van der Waals surface area contributed by atoms with Crippen LogP contribution in [0.5, 0.6) is 34.5 Å². The maximum Gasteiger partial charge on any atom is 0.247 e. The Morgan fingerprint density at radius 2 is 1.38 bits per heavy atom. The van der Waals surface area contributed by atoms with Gasteiger partial charge >= 0.3 is 0 Å². The first-order valence-corrected chi connectivity index (χ1v) is 19.3. The molecular formula is C47H52N4O7. The van der Waals surface area contributed by atoms with Gasteiger partial charge in [0.1, 0.15) is 34.9 Å². The normalized spacial score (nSPS) is 11.4. The Morgan fingerprint density at radius 1 is 0.707 bits per heavy atom. The Morgan fingerprint density at radius 3 is 1.98 bits per heavy atom. The molecule has 1 heterocycles. The zero-order valence-electron chi connectivity index (χ0n) is 34.2. The number of methoxy groups -OCH3 is 4. The standard InChI is InChI=1S/C47H52N4O7/c1-8-57-44-25-34(16-21-41(44)58-31(2)3)45(47(52)49-28-32-12-10-9-11-13-32)50-37-17-20-40-33(24-37)22-23-48-46(40)51(29-35-14-18-38(53-4)26-42(35)55-6)30-36-15-19-39(54-5)27-43(36)56-7/h9-27,31,45,50H,8,28-30H2,1-7H3,(H,49,52). The third kappa shape index (κ3) is 10.0. The van der Waals surface area contributed by atoms with E-state index in [1.807, 2.05) is 130 Å². The Kier molecular flexibility index (Phi) is 13.8. The molecule has 1 atom stereocenters. The molecule has 0 fully saturated rings. The highest BCUT2D eigenvalue weighted by Gasteiger charge is 2.24. The minimum atomic E-state index is -0.753. The smallest absolute Gasteiger partial charge is 0.247 e. The molecule has 0 aliphatic rings. The molecule has 0 aliphatic carbocycles. The summed E-state index contributed by atoms with van der Waals surface area (Å²) in [5.41, 5.74) is 4.39. The van der Waals surface area contributed by atoms with E-state index >= 15 is 0 Å². The second kappa shape index (κ2) is 19.5. The summed E-state index contributed by atoms with van der Waals surface area (Å²) < 4.78 is 34.6. The Bertz CT molecular complexity index is 2240. The minimum absolute atomic E-state index is 0.0440. The molecule has 2 N–H and O–H groups in total. The zero-order chi connectivity index (χ0) is 41.0. The number of hydrogen-bond acceptors (Lipinski definition) is 10. The second-order valence-corrected chi connectivity index (χ2v) is 13.9. The topological polar surface area (TPSA) is 113 Å². The van der Waals surface area contributed by atoms with E-state index in [1.165, 1.54) is 0 Å². The lowest BCUT2D eigenvalue weighted by Gasteiger charge is -2.27. The molecule has 1 amide bonds. The van der Waals surface area contributed by atoms with Crippen LogP contribution in [0, 0.1) is 0 Å². The van der Waals surface area contributed by atoms with Gasteiger partial charge in [-0.05, 0) is 97.9 Å². The van der Waals surface area contributed by atoms with Crippen LogP contribution < -0.4 is 44.0 Å². The molecule has 0 saturated heterocycles. The lowest BCUT2D eigenvalue weighted by atomic mass is 10.0. The van der Waals surface area contributed by atoms with Gasteiger partial charge in [0.15, 0.2) is 11.5 Å². The quantitative estimate of drug-likeness (QED) is 0.0825. The van der Waals surface area contributed by atoms with E-state index in [-0.39, 0.29) is 12.0 Å². The van der Waals surface area contributed by atoms with Crippen molar-refractivity contribution in [3.05, 3.63) is 138 Å². The van der Waals surface area contributed by atoms with Crippen molar-refractivity contribution in [2.24, 2.45) is 0 Å². The van der Waals surface area contributed by atoms with E-state index in [9.17, 15) is 4.79 Å². The number of pyridine rings is 1. The molecule has 1 unspecified atom stereocenters. The van der Waals surface area contributed by atoms with Gasteiger partial charge in [-0.15, -0.1) is 0 Å². The predicted octanol–water partition coefficient (Wildman–Crippen LogP) is 9.13. The molecule has 0 saturated carbocycles. The van der Waals surface area contributed by atoms with Gasteiger partial charge in [-0.25, -0.2) is 4.98 Å². The third-order valence-electron chi connectivity index (χ3n) is 9.60. The molecule has 0 spiro atoms. The lowest BCUT2D eigenvalue weighted by molar-refractivity contribution is -0.122. The zero-order valence-corrected chi connectivity index (χ0v) is 34.2. The molecule has 0 bridgehead atoms. The van der Waals surface area contributed by atoms with Gasteiger partial charge in [-0.2, -0.15) is 0 Å². The maximum absolute atomic E-state index is 14.1. The summed E-state index contributed by atoms with van der Waals surface area (Å²) in [5, 5.41) is 8.52. The van der Waals surface area contributed by atoms with Gasteiger partial charge in [-0.3, -0.25) is 4.79 Å². The van der Waals surface area contributed by atoms with Crippen LogP contribution in [0.3, 0.4) is 0 Å². The first-order chi connectivity index (χ1) is 28.2. The van der Waals surface area contributed by atoms with Crippen LogP contribution >= 0.6 is 0 Å². The predicted molar refractivity (Wildman–Crippen MR) is 229 cm³/mol. The van der Waals surface area contributed by atoms with E-state index in [0.717, 1.165) is 44.5 Å². The van der Waals surface area contributed by atoms with Crippen molar-refractivity contribution in [2.75, 3.05) is 45.3 Å². The fraction of sp³-hybridized carbons (Fsp3) is 0.277. The van der Waals surface area contributed by atoms with Gasteiger partial charge in [0.2, 0.25) is 5.91 Å². The number of fused-ring (bicyclic) bond motifs is 1. The average Bonchev–Trinajstić information content (AvgIpc) is 3.25. The van der Waals surface area contributed by atoms with Crippen molar-refractivity contribution in [1.29, 1.82) is 0 Å². The fourth-order valence-electron chi connectivity index (χ4n) is 6.76. The number of carbonyl (C=O) groups excluding carboxylic acids is 1. The highest BCUT2D eigenvalue weighted by molar-refractivity contribution is 5.95. The number of amides is 1. The minimum Gasteiger partial charge on any atom is -0.497 e. The average molecular weight is 785 g/mol. The van der Waals surface area contributed by atoms with E-state index in [4.69, 9.17) is 33.4 Å². The van der Waals surface area contributed by atoms with Crippen molar-refractivity contribution < 1.29 is 33.2 Å². The van der Waals surface area contributed by atoms with E-state index in [2.05, 4.69) is 15.5 Å². The number of benzene rings is 5. The first kappa shape index (κ1) is 41.0. The molecule has 11 heteroatoms. The van der Waals surface area contributed by atoms with Crippen molar-refractivity contribution >= 4 is 28.2 Å². The Balaban J connectivity index is 1.38. The lowest BCUT2D eigenvalue weighted by Crippen LogP contribution is -2.33. The van der Waals surface area contributed by atoms with Crippen molar-refractivity contribution in [3.63, 3.8) is 0 Å². The van der Waals surface area contributed by atoms with Crippen molar-refractivity contribution in [2.45, 2.75) is 52.6 Å². The summed E-state index contributed by atoms with van der Waals surface area (Å²) in [6.07, 6.45) is 1.76. The second-order valence-electron chi connectivity index (χ2n) is 13.9. The van der Waals surface area contributed by atoms with E-state index in [1.54, 1.807) is 34.6 Å². The molecule has 302 valence electrons. The summed E-state index contributed by atoms with van der Waals surface area (Å²) in [6, 6.07) is 34.4. The highest BCUT2D eigenvalue weighted by atomic mass is 16.5. The van der Waals surface area contributed by atoms with Crippen LogP contribution in [-0.4, -0.2) is 52.0 Å². The van der Waals surface area contributed by atoms with Crippen molar-refractivity contribution in [3.8, 4) is 34.5 Å². The Hall–Kier alpha value is -6.62. The van der Waals surface area contributed by atoms with Gasteiger partial charge in [0.05, 0.1) is 41.2 Å². The van der Waals surface area contributed by atoms with Crippen LogP contribution in [0.25, 0.3) is 10.8 Å². The Labute approximate surface area is 340 Å². The number of nitrogens with zero attached hydrogens (tertiary/aromatic N) is 2. The summed E-state index contributed by atoms with van der Waals surface area (Å²) >= 11 is 0. The highest BCUT2D eigenvalue weighted by Crippen LogP contribution is 2.36. The summed E-state index contributed by atoms with van der Waals surface area (Å²) in [4.78, 5) is 21.2. The summed E-state index contributed by atoms with van der Waals surface area (Å²) in [5.74, 6) is 4.58. The largest absolute Gasteiger partial charge is 0.497 e. The van der Waals surface area contributed by atoms with Crippen LogP contribution in [0.4, 0.5) is 11.5 Å². The molecule has 6 aromatic rings. The number of hydrogen-bond donors (Lipinski definition) is 2. The molecule has 6 rings (SSSR count). The van der Waals surface area contributed by atoms with Crippen molar-refractivity contribution in [1.82, 2.24) is 10.3 Å². The molecule has 0 radical (unpaired) electrons. The molecular weight excluding hydrogens is 733 g/mol.